The molecule has 9 heteroatoms. The summed E-state index contributed by atoms with van der Waals surface area (Å²) in [5.41, 5.74) is 0.600. The number of anilines is 4. The first-order valence-corrected chi connectivity index (χ1v) is 10.2. The summed E-state index contributed by atoms with van der Waals surface area (Å²) in [6.45, 7) is 3.57. The second kappa shape index (κ2) is 9.88. The van der Waals surface area contributed by atoms with Crippen LogP contribution in [0.15, 0.2) is 66.0 Å². The monoisotopic (exact) mass is 432 g/mol. The van der Waals surface area contributed by atoms with Crippen molar-refractivity contribution in [1.29, 1.82) is 0 Å². The lowest BCUT2D eigenvalue weighted by Crippen LogP contribution is -2.17. The van der Waals surface area contributed by atoms with Crippen LogP contribution in [0.4, 0.5) is 23.1 Å². The van der Waals surface area contributed by atoms with Crippen molar-refractivity contribution >= 4 is 33.9 Å². The molecule has 9 nitrogen and oxygen atoms in total. The van der Waals surface area contributed by atoms with E-state index in [4.69, 9.17) is 9.47 Å². The first kappa shape index (κ1) is 21.3. The van der Waals surface area contributed by atoms with Crippen molar-refractivity contribution in [2.45, 2.75) is 6.92 Å². The molecule has 0 atom stereocenters. The maximum Gasteiger partial charge on any atom is 0.261 e. The van der Waals surface area contributed by atoms with Gasteiger partial charge in [-0.2, -0.15) is 0 Å². The number of hydrogen-bond acceptors (Lipinski definition) is 8. The van der Waals surface area contributed by atoms with Gasteiger partial charge < -0.3 is 24.7 Å². The van der Waals surface area contributed by atoms with Crippen LogP contribution in [0.3, 0.4) is 0 Å². The van der Waals surface area contributed by atoms with Gasteiger partial charge >= 0.3 is 0 Å². The molecule has 4 rings (SSSR count). The maximum absolute atomic E-state index is 12.9. The molecule has 0 aliphatic heterocycles. The Hall–Kier alpha value is -3.98. The van der Waals surface area contributed by atoms with Crippen LogP contribution in [-0.2, 0) is 11.8 Å². The van der Waals surface area contributed by atoms with Crippen LogP contribution >= 0.6 is 0 Å². The standard InChI is InChI=1S/C23H24N6O3/c1-3-31-11-12-32-18-6-4-5-17(14-18)26-22-21-16(7-10-29(2)23(21)30)13-19(28-22)27-20-15-24-8-9-25-20/h4-10,13-15H,3,11-12H2,1-2H3,(H2,25,26,27,28). The maximum atomic E-state index is 12.9. The molecule has 0 unspecified atom stereocenters. The first-order chi connectivity index (χ1) is 15.6. The van der Waals surface area contributed by atoms with Crippen molar-refractivity contribution in [3.05, 3.63) is 71.5 Å². The fraction of sp³-hybridized carbons (Fsp3) is 0.217. The van der Waals surface area contributed by atoms with E-state index in [-0.39, 0.29) is 5.56 Å². The number of hydrogen-bond donors (Lipinski definition) is 2. The molecular weight excluding hydrogens is 408 g/mol. The number of fused-ring (bicyclic) bond motifs is 1. The molecule has 3 heterocycles. The van der Waals surface area contributed by atoms with Gasteiger partial charge in [0.25, 0.3) is 5.56 Å². The summed E-state index contributed by atoms with van der Waals surface area (Å²) in [6.07, 6.45) is 6.52. The highest BCUT2D eigenvalue weighted by molar-refractivity contribution is 5.94. The molecule has 0 fully saturated rings. The molecule has 0 radical (unpaired) electrons. The van der Waals surface area contributed by atoms with Gasteiger partial charge in [-0.25, -0.2) is 9.97 Å². The Kier molecular flexibility index (Phi) is 6.57. The Morgan fingerprint density at radius 3 is 2.78 bits per heavy atom. The van der Waals surface area contributed by atoms with E-state index in [1.54, 1.807) is 31.8 Å². The van der Waals surface area contributed by atoms with E-state index in [1.165, 1.54) is 4.57 Å². The van der Waals surface area contributed by atoms with E-state index in [9.17, 15) is 4.79 Å². The van der Waals surface area contributed by atoms with Crippen molar-refractivity contribution < 1.29 is 9.47 Å². The van der Waals surface area contributed by atoms with E-state index in [0.29, 0.717) is 48.4 Å². The van der Waals surface area contributed by atoms with Gasteiger partial charge in [-0.1, -0.05) is 6.07 Å². The number of pyridine rings is 2. The normalized spacial score (nSPS) is 10.8. The zero-order valence-corrected chi connectivity index (χ0v) is 17.9. The largest absolute Gasteiger partial charge is 0.491 e. The predicted octanol–water partition coefficient (Wildman–Crippen LogP) is 3.63. The smallest absolute Gasteiger partial charge is 0.261 e. The lowest BCUT2D eigenvalue weighted by atomic mass is 10.2. The van der Waals surface area contributed by atoms with Crippen LogP contribution in [0.5, 0.6) is 5.75 Å². The second-order valence-corrected chi connectivity index (χ2v) is 6.97. The predicted molar refractivity (Wildman–Crippen MR) is 124 cm³/mol. The lowest BCUT2D eigenvalue weighted by molar-refractivity contribution is 0.110. The Bertz CT molecular complexity index is 1260. The number of ether oxygens (including phenoxy) is 2. The number of benzene rings is 1. The Morgan fingerprint density at radius 2 is 1.97 bits per heavy atom. The quantitative estimate of drug-likeness (QED) is 0.387. The Morgan fingerprint density at radius 1 is 1.06 bits per heavy atom. The van der Waals surface area contributed by atoms with Crippen LogP contribution < -0.4 is 20.9 Å². The molecule has 0 saturated heterocycles. The average molecular weight is 432 g/mol. The minimum atomic E-state index is -0.146. The zero-order chi connectivity index (χ0) is 22.3. The van der Waals surface area contributed by atoms with E-state index in [1.807, 2.05) is 43.3 Å². The molecule has 0 aliphatic carbocycles. The molecule has 0 bridgehead atoms. The number of nitrogens with zero attached hydrogens (tertiary/aromatic N) is 4. The molecule has 0 spiro atoms. The number of rotatable bonds is 9. The van der Waals surface area contributed by atoms with Crippen LogP contribution in [0.25, 0.3) is 10.8 Å². The van der Waals surface area contributed by atoms with Gasteiger partial charge in [0.15, 0.2) is 0 Å². The van der Waals surface area contributed by atoms with Gasteiger partial charge in [-0.15, -0.1) is 0 Å². The van der Waals surface area contributed by atoms with Gasteiger partial charge in [0.1, 0.15) is 29.8 Å². The van der Waals surface area contributed by atoms with Crippen molar-refractivity contribution in [1.82, 2.24) is 19.5 Å². The van der Waals surface area contributed by atoms with Gasteiger partial charge in [0.05, 0.1) is 18.2 Å². The van der Waals surface area contributed by atoms with E-state index in [2.05, 4.69) is 25.6 Å². The molecule has 3 aromatic heterocycles. The van der Waals surface area contributed by atoms with Crippen molar-refractivity contribution in [3.8, 4) is 5.75 Å². The zero-order valence-electron chi connectivity index (χ0n) is 17.9. The molecule has 4 aromatic rings. The fourth-order valence-electron chi connectivity index (χ4n) is 3.17. The number of nitrogens with one attached hydrogen (secondary N) is 2. The molecule has 2 N–H and O–H groups in total. The Labute approximate surface area is 185 Å². The Balaban J connectivity index is 1.67. The summed E-state index contributed by atoms with van der Waals surface area (Å²) in [4.78, 5) is 25.8. The third kappa shape index (κ3) is 5.01. The average Bonchev–Trinajstić information content (AvgIpc) is 2.80. The first-order valence-electron chi connectivity index (χ1n) is 10.2. The molecular formula is C23H24N6O3. The number of aryl methyl sites for hydroxylation is 1. The van der Waals surface area contributed by atoms with Gasteiger partial charge in [-0.3, -0.25) is 9.78 Å². The van der Waals surface area contributed by atoms with Crippen LogP contribution in [0.2, 0.25) is 0 Å². The van der Waals surface area contributed by atoms with Crippen LogP contribution in [0.1, 0.15) is 6.92 Å². The minimum Gasteiger partial charge on any atom is -0.491 e. The highest BCUT2D eigenvalue weighted by atomic mass is 16.5. The summed E-state index contributed by atoms with van der Waals surface area (Å²) in [6, 6.07) is 11.2. The topological polar surface area (TPSA) is 103 Å². The van der Waals surface area contributed by atoms with Crippen molar-refractivity contribution in [3.63, 3.8) is 0 Å². The molecule has 0 amide bonds. The van der Waals surface area contributed by atoms with Gasteiger partial charge in [0, 0.05) is 44.0 Å². The van der Waals surface area contributed by atoms with E-state index >= 15 is 0 Å². The molecule has 0 aliphatic rings. The number of aromatic nitrogens is 4. The highest BCUT2D eigenvalue weighted by Gasteiger charge is 2.12. The van der Waals surface area contributed by atoms with E-state index < -0.39 is 0 Å². The molecule has 1 aromatic carbocycles. The summed E-state index contributed by atoms with van der Waals surface area (Å²) < 4.78 is 12.6. The summed E-state index contributed by atoms with van der Waals surface area (Å²) in [5, 5.41) is 7.65. The second-order valence-electron chi connectivity index (χ2n) is 6.97. The third-order valence-corrected chi connectivity index (χ3v) is 4.68. The van der Waals surface area contributed by atoms with Crippen molar-refractivity contribution in [2.24, 2.45) is 7.05 Å². The lowest BCUT2D eigenvalue weighted by Gasteiger charge is -2.14. The van der Waals surface area contributed by atoms with Gasteiger partial charge in [0.2, 0.25) is 0 Å². The molecule has 164 valence electrons. The van der Waals surface area contributed by atoms with Gasteiger partial charge in [-0.05, 0) is 36.6 Å². The fourth-order valence-corrected chi connectivity index (χ4v) is 3.17. The van der Waals surface area contributed by atoms with E-state index in [0.717, 1.165) is 11.1 Å². The summed E-state index contributed by atoms with van der Waals surface area (Å²) in [7, 11) is 1.71. The van der Waals surface area contributed by atoms with Crippen LogP contribution in [0, 0.1) is 0 Å². The molecule has 32 heavy (non-hydrogen) atoms. The minimum absolute atomic E-state index is 0.146. The third-order valence-electron chi connectivity index (χ3n) is 4.68. The highest BCUT2D eigenvalue weighted by Crippen LogP contribution is 2.27. The molecule has 0 saturated carbocycles. The van der Waals surface area contributed by atoms with Crippen LogP contribution in [-0.4, -0.2) is 39.3 Å². The van der Waals surface area contributed by atoms with Crippen molar-refractivity contribution in [2.75, 3.05) is 30.5 Å². The summed E-state index contributed by atoms with van der Waals surface area (Å²) in [5.74, 6) is 2.22. The summed E-state index contributed by atoms with van der Waals surface area (Å²) >= 11 is 0. The SMILES string of the molecule is CCOCCOc1cccc(Nc2nc(Nc3cnccn3)cc3ccn(C)c(=O)c23)c1.